The van der Waals surface area contributed by atoms with E-state index in [-0.39, 0.29) is 5.82 Å². The molecular weight excluding hydrogens is 261 g/mol. The smallest absolute Gasteiger partial charge is 0.206 e. The van der Waals surface area contributed by atoms with Gasteiger partial charge in [-0.1, -0.05) is 33.3 Å². The molecule has 1 heterocycles. The fourth-order valence-electron chi connectivity index (χ4n) is 2.55. The highest BCUT2D eigenvalue weighted by Crippen LogP contribution is 2.27. The van der Waals surface area contributed by atoms with E-state index in [9.17, 15) is 4.39 Å². The van der Waals surface area contributed by atoms with Crippen LogP contribution in [0.2, 0.25) is 0 Å². The molecule has 0 unspecified atom stereocenters. The van der Waals surface area contributed by atoms with Crippen molar-refractivity contribution in [3.05, 3.63) is 53.5 Å². The molecule has 0 radical (unpaired) electrons. The van der Waals surface area contributed by atoms with Gasteiger partial charge < -0.3 is 0 Å². The lowest BCUT2D eigenvalue weighted by atomic mass is 9.97. The normalized spacial score (nSPS) is 10.0. The van der Waals surface area contributed by atoms with Crippen LogP contribution in [-0.4, -0.2) is 0 Å². The van der Waals surface area contributed by atoms with Crippen LogP contribution in [0.3, 0.4) is 0 Å². The molecule has 1 nitrogen and oxygen atoms in total. The molecule has 21 heavy (non-hydrogen) atoms. The molecule has 2 heteroatoms. The third-order valence-electron chi connectivity index (χ3n) is 3.37. The summed E-state index contributed by atoms with van der Waals surface area (Å²) in [5.74, 6) is -0.114. The van der Waals surface area contributed by atoms with Crippen LogP contribution in [0.15, 0.2) is 36.5 Å². The van der Waals surface area contributed by atoms with Crippen LogP contribution in [0, 0.1) is 12.7 Å². The standard InChI is InChI=1S/C17H21FN.C2H6/c1-4-8-14-11-13(3)12-15(18)17(14)16-9-6-7-10-19(16)5-2;1-2/h6-7,9-12H,4-5,8H2,1-3H3;1-2H3/q+1;. The molecule has 0 fully saturated rings. The predicted octanol–water partition coefficient (Wildman–Crippen LogP) is 5.09. The number of aromatic nitrogens is 1. The van der Waals surface area contributed by atoms with Gasteiger partial charge in [0.15, 0.2) is 6.20 Å². The number of halogens is 1. The Hall–Kier alpha value is -1.70. The number of hydrogen-bond acceptors (Lipinski definition) is 0. The number of pyridine rings is 1. The van der Waals surface area contributed by atoms with Gasteiger partial charge in [0.05, 0.1) is 5.56 Å². The average molecular weight is 288 g/mol. The van der Waals surface area contributed by atoms with Crippen LogP contribution in [0.25, 0.3) is 11.3 Å². The van der Waals surface area contributed by atoms with E-state index in [0.717, 1.165) is 41.8 Å². The van der Waals surface area contributed by atoms with Crippen molar-refractivity contribution in [2.75, 3.05) is 0 Å². The molecule has 0 aliphatic carbocycles. The third-order valence-corrected chi connectivity index (χ3v) is 3.37. The summed E-state index contributed by atoms with van der Waals surface area (Å²) in [6.07, 6.45) is 3.94. The molecule has 0 bridgehead atoms. The maximum atomic E-state index is 14.4. The maximum Gasteiger partial charge on any atom is 0.215 e. The molecule has 0 atom stereocenters. The highest BCUT2D eigenvalue weighted by molar-refractivity contribution is 5.63. The largest absolute Gasteiger partial charge is 0.215 e. The third kappa shape index (κ3) is 4.13. The molecule has 0 amide bonds. The summed E-state index contributed by atoms with van der Waals surface area (Å²) >= 11 is 0. The van der Waals surface area contributed by atoms with Crippen LogP contribution in [0.5, 0.6) is 0 Å². The van der Waals surface area contributed by atoms with E-state index in [1.165, 1.54) is 0 Å². The summed E-state index contributed by atoms with van der Waals surface area (Å²) in [6.45, 7) is 11.0. The van der Waals surface area contributed by atoms with Gasteiger partial charge in [-0.2, -0.15) is 4.57 Å². The second-order valence-electron chi connectivity index (χ2n) is 4.90. The highest BCUT2D eigenvalue weighted by Gasteiger charge is 2.19. The first-order valence-corrected chi connectivity index (χ1v) is 7.95. The molecule has 0 saturated carbocycles. The van der Waals surface area contributed by atoms with Gasteiger partial charge in [0, 0.05) is 12.1 Å². The lowest BCUT2D eigenvalue weighted by molar-refractivity contribution is -0.682. The Morgan fingerprint density at radius 3 is 2.43 bits per heavy atom. The number of hydrogen-bond donors (Lipinski definition) is 0. The second kappa shape index (κ2) is 8.56. The molecule has 0 N–H and O–H groups in total. The summed E-state index contributed by atoms with van der Waals surface area (Å²) in [6, 6.07) is 9.68. The van der Waals surface area contributed by atoms with Gasteiger partial charge in [-0.25, -0.2) is 4.39 Å². The number of nitrogens with zero attached hydrogens (tertiary/aromatic N) is 1. The van der Waals surface area contributed by atoms with E-state index in [0.29, 0.717) is 0 Å². The van der Waals surface area contributed by atoms with Crippen molar-refractivity contribution >= 4 is 0 Å². The average Bonchev–Trinajstić information content (AvgIpc) is 2.49. The lowest BCUT2D eigenvalue weighted by Gasteiger charge is -2.10. The molecule has 0 aliphatic rings. The summed E-state index contributed by atoms with van der Waals surface area (Å²) in [5, 5.41) is 0. The fourth-order valence-corrected chi connectivity index (χ4v) is 2.55. The van der Waals surface area contributed by atoms with Crippen molar-refractivity contribution in [3.63, 3.8) is 0 Å². The topological polar surface area (TPSA) is 3.88 Å². The minimum absolute atomic E-state index is 0.114. The van der Waals surface area contributed by atoms with Gasteiger partial charge in [-0.05, 0) is 43.5 Å². The molecule has 1 aromatic heterocycles. The van der Waals surface area contributed by atoms with Crippen molar-refractivity contribution in [2.45, 2.75) is 54.0 Å². The number of aryl methyl sites for hydroxylation is 3. The SMILES string of the molecule is CC.CCCc1cc(C)cc(F)c1-c1cccc[n+]1CC. The zero-order valence-corrected chi connectivity index (χ0v) is 13.9. The van der Waals surface area contributed by atoms with Crippen LogP contribution in [0.1, 0.15) is 45.2 Å². The van der Waals surface area contributed by atoms with Gasteiger partial charge >= 0.3 is 0 Å². The fraction of sp³-hybridized carbons (Fsp3) is 0.421. The number of rotatable bonds is 4. The predicted molar refractivity (Wildman–Crippen MR) is 87.8 cm³/mol. The quantitative estimate of drug-likeness (QED) is 0.690. The summed E-state index contributed by atoms with van der Waals surface area (Å²) < 4.78 is 16.5. The van der Waals surface area contributed by atoms with Gasteiger partial charge in [0.25, 0.3) is 0 Å². The van der Waals surface area contributed by atoms with Gasteiger partial charge in [-0.3, -0.25) is 0 Å². The molecule has 1 aromatic carbocycles. The Morgan fingerprint density at radius 2 is 1.81 bits per heavy atom. The summed E-state index contributed by atoms with van der Waals surface area (Å²) in [7, 11) is 0. The molecule has 2 rings (SSSR count). The molecule has 0 spiro atoms. The van der Waals surface area contributed by atoms with Crippen molar-refractivity contribution in [1.29, 1.82) is 0 Å². The van der Waals surface area contributed by atoms with Crippen LogP contribution < -0.4 is 4.57 Å². The Balaban J connectivity index is 0.00000106. The van der Waals surface area contributed by atoms with Crippen LogP contribution in [-0.2, 0) is 13.0 Å². The Labute approximate surface area is 128 Å². The van der Waals surface area contributed by atoms with Gasteiger partial charge in [-0.15, -0.1) is 0 Å². The Kier molecular flexibility index (Phi) is 7.07. The van der Waals surface area contributed by atoms with E-state index in [1.54, 1.807) is 6.07 Å². The molecular formula is C19H27FN+. The first-order valence-electron chi connectivity index (χ1n) is 7.95. The first kappa shape index (κ1) is 17.4. The van der Waals surface area contributed by atoms with Crippen LogP contribution >= 0.6 is 0 Å². The van der Waals surface area contributed by atoms with Crippen molar-refractivity contribution < 1.29 is 8.96 Å². The Morgan fingerprint density at radius 1 is 1.10 bits per heavy atom. The molecule has 0 aliphatic heterocycles. The van der Waals surface area contributed by atoms with Crippen LogP contribution in [0.4, 0.5) is 4.39 Å². The van der Waals surface area contributed by atoms with Crippen molar-refractivity contribution in [1.82, 2.24) is 0 Å². The van der Waals surface area contributed by atoms with Crippen molar-refractivity contribution in [2.24, 2.45) is 0 Å². The van der Waals surface area contributed by atoms with Gasteiger partial charge in [0.2, 0.25) is 5.69 Å². The van der Waals surface area contributed by atoms with E-state index in [2.05, 4.69) is 24.5 Å². The van der Waals surface area contributed by atoms with Crippen molar-refractivity contribution in [3.8, 4) is 11.3 Å². The van der Waals surface area contributed by atoms with E-state index in [4.69, 9.17) is 0 Å². The maximum absolute atomic E-state index is 14.4. The second-order valence-corrected chi connectivity index (χ2v) is 4.90. The minimum Gasteiger partial charge on any atom is -0.206 e. The minimum atomic E-state index is -0.114. The number of benzene rings is 1. The summed E-state index contributed by atoms with van der Waals surface area (Å²) in [5.41, 5.74) is 3.82. The molecule has 0 saturated heterocycles. The first-order chi connectivity index (χ1) is 10.2. The zero-order chi connectivity index (χ0) is 15.8. The summed E-state index contributed by atoms with van der Waals surface area (Å²) in [4.78, 5) is 0. The molecule has 114 valence electrons. The van der Waals surface area contributed by atoms with E-state index in [1.807, 2.05) is 45.2 Å². The molecule has 2 aromatic rings. The lowest BCUT2D eigenvalue weighted by Crippen LogP contribution is -2.34. The monoisotopic (exact) mass is 288 g/mol. The zero-order valence-electron chi connectivity index (χ0n) is 13.9. The highest BCUT2D eigenvalue weighted by atomic mass is 19.1. The van der Waals surface area contributed by atoms with E-state index >= 15 is 0 Å². The van der Waals surface area contributed by atoms with E-state index < -0.39 is 0 Å². The Bertz CT molecular complexity index is 576. The van der Waals surface area contributed by atoms with Gasteiger partial charge in [0.1, 0.15) is 12.4 Å².